The third kappa shape index (κ3) is 3.07. The van der Waals surface area contributed by atoms with Crippen molar-refractivity contribution in [1.29, 1.82) is 0 Å². The third-order valence-corrected chi connectivity index (χ3v) is 1.54. The summed E-state index contributed by atoms with van der Waals surface area (Å²) in [4.78, 5) is 10.4. The van der Waals surface area contributed by atoms with Gasteiger partial charge in [0.2, 0.25) is 0 Å². The van der Waals surface area contributed by atoms with E-state index in [-0.39, 0.29) is 0 Å². The summed E-state index contributed by atoms with van der Waals surface area (Å²) in [5, 5.41) is 0. The van der Waals surface area contributed by atoms with Crippen LogP contribution in [0.15, 0.2) is 12.2 Å². The van der Waals surface area contributed by atoms with Crippen molar-refractivity contribution in [3.8, 4) is 0 Å². The molecule has 0 aliphatic rings. The Bertz CT molecular complexity index is 331. The van der Waals surface area contributed by atoms with Crippen molar-refractivity contribution >= 4 is 16.1 Å². The highest BCUT2D eigenvalue weighted by Gasteiger charge is 2.49. The predicted octanol–water partition coefficient (Wildman–Crippen LogP) is 0.544. The van der Waals surface area contributed by atoms with Gasteiger partial charge in [0, 0.05) is 5.57 Å². The molecular weight excluding hydrogens is 210 g/mol. The maximum Gasteiger partial charge on any atom is 0.536 e. The zero-order valence-corrected chi connectivity index (χ0v) is 7.27. The first-order valence-corrected chi connectivity index (χ1v) is 4.25. The molecule has 1 N–H and O–H groups in total. The molecule has 5 nitrogen and oxygen atoms in total. The molecule has 0 spiro atoms. The smallest absolute Gasteiger partial charge is 0.383 e. The van der Waals surface area contributed by atoms with Crippen molar-refractivity contribution in [1.82, 2.24) is 0 Å². The van der Waals surface area contributed by atoms with Gasteiger partial charge in [0.25, 0.3) is 0 Å². The van der Waals surface area contributed by atoms with E-state index in [4.69, 9.17) is 4.55 Å². The molecule has 0 unspecified atom stereocenters. The lowest BCUT2D eigenvalue weighted by Crippen LogP contribution is -2.34. The molecule has 0 radical (unpaired) electrons. The van der Waals surface area contributed by atoms with Crippen LogP contribution in [0.5, 0.6) is 0 Å². The number of carbonyl (C=O) groups excluding carboxylic acids is 1. The SMILES string of the molecule is C=C(C)C(=O)OC(F)(F)S(=O)(=O)O. The second kappa shape index (κ2) is 3.38. The van der Waals surface area contributed by atoms with Crippen LogP contribution in [0.4, 0.5) is 8.78 Å². The fourth-order valence-electron chi connectivity index (χ4n) is 0.248. The van der Waals surface area contributed by atoms with Gasteiger partial charge in [-0.3, -0.25) is 4.55 Å². The number of hydrogen-bond acceptors (Lipinski definition) is 4. The average molecular weight is 216 g/mol. The molecule has 0 aromatic carbocycles. The van der Waals surface area contributed by atoms with Crippen molar-refractivity contribution < 1.29 is 31.3 Å². The van der Waals surface area contributed by atoms with E-state index < -0.39 is 27.1 Å². The number of halogens is 2. The molecule has 0 bridgehead atoms. The van der Waals surface area contributed by atoms with Gasteiger partial charge in [-0.05, 0) is 6.92 Å². The minimum Gasteiger partial charge on any atom is -0.383 e. The molecule has 0 atom stereocenters. The lowest BCUT2D eigenvalue weighted by molar-refractivity contribution is -0.189. The van der Waals surface area contributed by atoms with Crippen molar-refractivity contribution in [2.75, 3.05) is 0 Å². The second-order valence-corrected chi connectivity index (χ2v) is 3.53. The van der Waals surface area contributed by atoms with Crippen LogP contribution in [-0.4, -0.2) is 24.4 Å². The normalized spacial score (nSPS) is 12.3. The number of hydrogen-bond donors (Lipinski definition) is 1. The molecular formula is C5H6F2O5S. The van der Waals surface area contributed by atoms with Crippen molar-refractivity contribution in [3.05, 3.63) is 12.2 Å². The molecule has 0 rings (SSSR count). The summed E-state index contributed by atoms with van der Waals surface area (Å²) in [6.45, 7) is 3.98. The molecule has 0 heterocycles. The fourth-order valence-corrected chi connectivity index (χ4v) is 0.429. The maximum absolute atomic E-state index is 12.2. The Morgan fingerprint density at radius 2 is 1.92 bits per heavy atom. The zero-order chi connectivity index (χ0) is 10.9. The highest BCUT2D eigenvalue weighted by atomic mass is 32.2. The molecule has 76 valence electrons. The molecule has 13 heavy (non-hydrogen) atoms. The Labute approximate surface area is 72.7 Å². The van der Waals surface area contributed by atoms with Crippen molar-refractivity contribution in [2.45, 2.75) is 12.4 Å². The van der Waals surface area contributed by atoms with Crippen LogP contribution >= 0.6 is 0 Å². The molecule has 0 aromatic heterocycles. The minimum atomic E-state index is -5.75. The number of rotatable bonds is 3. The van der Waals surface area contributed by atoms with E-state index in [0.29, 0.717) is 0 Å². The first kappa shape index (κ1) is 12.0. The molecule has 0 fully saturated rings. The van der Waals surface area contributed by atoms with Crippen LogP contribution in [0.1, 0.15) is 6.92 Å². The second-order valence-electron chi connectivity index (χ2n) is 2.11. The third-order valence-electron chi connectivity index (χ3n) is 0.860. The van der Waals surface area contributed by atoms with E-state index in [1.54, 1.807) is 0 Å². The summed E-state index contributed by atoms with van der Waals surface area (Å²) >= 11 is 0. The van der Waals surface area contributed by atoms with E-state index >= 15 is 0 Å². The van der Waals surface area contributed by atoms with E-state index in [0.717, 1.165) is 6.92 Å². The summed E-state index contributed by atoms with van der Waals surface area (Å²) in [6, 6.07) is 0. The Kier molecular flexibility index (Phi) is 3.12. The standard InChI is InChI=1S/C5H6F2O5S/c1-3(2)4(8)12-5(6,7)13(9,10)11/h1H2,2H3,(H,9,10,11). The van der Waals surface area contributed by atoms with Gasteiger partial charge >= 0.3 is 21.5 Å². The van der Waals surface area contributed by atoms with Gasteiger partial charge in [-0.2, -0.15) is 8.42 Å². The largest absolute Gasteiger partial charge is 0.536 e. The Hall–Kier alpha value is -1.02. The summed E-state index contributed by atoms with van der Waals surface area (Å²) in [7, 11) is -5.75. The van der Waals surface area contributed by atoms with E-state index in [1.807, 2.05) is 0 Å². The fraction of sp³-hybridized carbons (Fsp3) is 0.400. The van der Waals surface area contributed by atoms with Crippen molar-refractivity contribution in [2.24, 2.45) is 0 Å². The van der Waals surface area contributed by atoms with Crippen LogP contribution in [0.2, 0.25) is 0 Å². The molecule has 0 aliphatic heterocycles. The molecule has 0 aromatic rings. The van der Waals surface area contributed by atoms with Gasteiger partial charge in [0.1, 0.15) is 0 Å². The first-order chi connectivity index (χ1) is 5.58. The van der Waals surface area contributed by atoms with Crippen LogP contribution in [0.3, 0.4) is 0 Å². The van der Waals surface area contributed by atoms with Crippen LogP contribution in [0.25, 0.3) is 0 Å². The molecule has 0 aliphatic carbocycles. The average Bonchev–Trinajstić information content (AvgIpc) is 1.83. The van der Waals surface area contributed by atoms with E-state index in [9.17, 15) is 22.0 Å². The highest BCUT2D eigenvalue weighted by Crippen LogP contribution is 2.22. The van der Waals surface area contributed by atoms with E-state index in [1.165, 1.54) is 0 Å². The van der Waals surface area contributed by atoms with Crippen LogP contribution < -0.4 is 0 Å². The quantitative estimate of drug-likeness (QED) is 0.423. The molecule has 0 saturated heterocycles. The van der Waals surface area contributed by atoms with Crippen LogP contribution in [-0.2, 0) is 19.6 Å². The van der Waals surface area contributed by atoms with Crippen LogP contribution in [0, 0.1) is 0 Å². The highest BCUT2D eigenvalue weighted by molar-refractivity contribution is 7.86. The number of ether oxygens (including phenoxy) is 1. The topological polar surface area (TPSA) is 80.7 Å². The Morgan fingerprint density at radius 3 is 2.15 bits per heavy atom. The molecule has 0 saturated carbocycles. The maximum atomic E-state index is 12.2. The lowest BCUT2D eigenvalue weighted by atomic mass is 10.4. The number of esters is 1. The summed E-state index contributed by atoms with van der Waals surface area (Å²) in [6.07, 6.45) is 0. The van der Waals surface area contributed by atoms with Gasteiger partial charge in [0.05, 0.1) is 0 Å². The van der Waals surface area contributed by atoms with Gasteiger partial charge in [-0.15, -0.1) is 8.78 Å². The van der Waals surface area contributed by atoms with Crippen molar-refractivity contribution in [3.63, 3.8) is 0 Å². The van der Waals surface area contributed by atoms with Gasteiger partial charge in [-0.1, -0.05) is 6.58 Å². The Balaban J connectivity index is 4.73. The molecule has 0 amide bonds. The summed E-state index contributed by atoms with van der Waals surface area (Å²) < 4.78 is 55.3. The molecule has 8 heteroatoms. The van der Waals surface area contributed by atoms with E-state index in [2.05, 4.69) is 11.3 Å². The summed E-state index contributed by atoms with van der Waals surface area (Å²) in [5.74, 6) is -1.61. The predicted molar refractivity (Wildman–Crippen MR) is 37.4 cm³/mol. The van der Waals surface area contributed by atoms with Gasteiger partial charge in [0.15, 0.2) is 0 Å². The summed E-state index contributed by atoms with van der Waals surface area (Å²) in [5.41, 5.74) is -5.36. The van der Waals surface area contributed by atoms with Gasteiger partial charge in [-0.25, -0.2) is 4.79 Å². The van der Waals surface area contributed by atoms with Gasteiger partial charge < -0.3 is 4.74 Å². The number of carbonyl (C=O) groups is 1. The monoisotopic (exact) mass is 216 g/mol. The Morgan fingerprint density at radius 1 is 1.54 bits per heavy atom. The lowest BCUT2D eigenvalue weighted by Gasteiger charge is -2.12. The minimum absolute atomic E-state index is 0.414. The zero-order valence-electron chi connectivity index (χ0n) is 6.45. The first-order valence-electron chi connectivity index (χ1n) is 2.81. The number of alkyl halides is 2.